The summed E-state index contributed by atoms with van der Waals surface area (Å²) in [6, 6.07) is 13.6. The van der Waals surface area contributed by atoms with Gasteiger partial charge in [0.2, 0.25) is 17.7 Å². The number of hydrogen-bond donors (Lipinski definition) is 4. The van der Waals surface area contributed by atoms with E-state index in [1.165, 1.54) is 4.90 Å². The summed E-state index contributed by atoms with van der Waals surface area (Å²) in [6.07, 6.45) is 6.62. The van der Waals surface area contributed by atoms with Crippen molar-refractivity contribution in [2.75, 3.05) is 17.2 Å². The van der Waals surface area contributed by atoms with E-state index < -0.39 is 11.9 Å². The van der Waals surface area contributed by atoms with E-state index >= 15 is 0 Å². The highest BCUT2D eigenvalue weighted by molar-refractivity contribution is 6.17. The van der Waals surface area contributed by atoms with Crippen LogP contribution in [-0.2, 0) is 16.0 Å². The number of tetrazole rings is 1. The summed E-state index contributed by atoms with van der Waals surface area (Å²) in [7, 11) is 0. The van der Waals surface area contributed by atoms with Crippen LogP contribution < -0.4 is 22.1 Å². The number of nitrogens with zero attached hydrogens (tertiary/aromatic N) is 6. The molecule has 2 heterocycles. The molecule has 7 N–H and O–H groups in total. The summed E-state index contributed by atoms with van der Waals surface area (Å²) in [5.41, 5.74) is 21.6. The lowest BCUT2D eigenvalue weighted by Gasteiger charge is -2.32. The molecule has 2 aromatic carbocycles. The summed E-state index contributed by atoms with van der Waals surface area (Å²) >= 11 is 0. The van der Waals surface area contributed by atoms with Gasteiger partial charge >= 0.3 is 0 Å². The predicted octanol–water partition coefficient (Wildman–Crippen LogP) is 2.52. The Bertz CT molecular complexity index is 1440. The average molecular weight is 577 g/mol. The van der Waals surface area contributed by atoms with Crippen LogP contribution in [0.5, 0.6) is 0 Å². The number of hydrogen-bond acceptors (Lipinski definition) is 10. The fraction of sp³-hybridized carbons (Fsp3) is 0.321. The fourth-order valence-electron chi connectivity index (χ4n) is 5.11. The number of carbonyl (C=O) groups excluding carboxylic acids is 2. The Morgan fingerprint density at radius 3 is 2.32 bits per heavy atom. The first-order valence-corrected chi connectivity index (χ1v) is 13.3. The molecule has 0 spiro atoms. The highest BCUT2D eigenvalue weighted by Crippen LogP contribution is 2.32. The molecular weight excluding hydrogens is 544 g/mol. The van der Waals surface area contributed by atoms with Gasteiger partial charge in [0.1, 0.15) is 0 Å². The van der Waals surface area contributed by atoms with Crippen molar-refractivity contribution in [2.24, 2.45) is 23.3 Å². The van der Waals surface area contributed by atoms with E-state index in [0.29, 0.717) is 42.4 Å². The minimum atomic E-state index is -0.945. The largest absolute Gasteiger partial charge is 0.368 e. The molecule has 1 aliphatic carbocycles. The Morgan fingerprint density at radius 1 is 0.976 bits per heavy atom. The molecule has 2 amide bonds. The zero-order valence-electron chi connectivity index (χ0n) is 22.4. The van der Waals surface area contributed by atoms with Gasteiger partial charge in [-0.3, -0.25) is 9.59 Å². The summed E-state index contributed by atoms with van der Waals surface area (Å²) in [5.74, 6) is 0.0432. The molecule has 0 saturated heterocycles. The van der Waals surface area contributed by atoms with Crippen LogP contribution in [0.25, 0.3) is 22.5 Å². The molecule has 1 saturated carbocycles. The number of H-pyrrole nitrogens is 1. The number of anilines is 2. The van der Waals surface area contributed by atoms with Crippen molar-refractivity contribution >= 4 is 35.9 Å². The van der Waals surface area contributed by atoms with Gasteiger partial charge in [0.05, 0.1) is 11.7 Å². The number of rotatable bonds is 8. The van der Waals surface area contributed by atoms with Crippen LogP contribution in [0.4, 0.5) is 11.6 Å². The maximum absolute atomic E-state index is 13.8. The molecule has 4 aromatic rings. The van der Waals surface area contributed by atoms with Gasteiger partial charge < -0.3 is 17.2 Å². The van der Waals surface area contributed by atoms with Crippen LogP contribution >= 0.6 is 12.4 Å². The van der Waals surface area contributed by atoms with Crippen molar-refractivity contribution < 1.29 is 9.59 Å². The minimum absolute atomic E-state index is 0. The first-order chi connectivity index (χ1) is 19.4. The van der Waals surface area contributed by atoms with Gasteiger partial charge in [-0.2, -0.15) is 5.21 Å². The van der Waals surface area contributed by atoms with E-state index in [1.807, 2.05) is 24.3 Å². The lowest BCUT2D eigenvalue weighted by atomic mass is 9.81. The zero-order valence-corrected chi connectivity index (χ0v) is 23.2. The number of imide groups is 1. The quantitative estimate of drug-likeness (QED) is 0.242. The lowest BCUT2D eigenvalue weighted by molar-refractivity contribution is -0.130. The number of nitrogens with two attached hydrogens (primary N) is 3. The maximum atomic E-state index is 13.8. The maximum Gasteiger partial charge on any atom is 0.251 e. The number of carbonyl (C=O) groups is 2. The molecule has 0 aliphatic heterocycles. The third-order valence-electron chi connectivity index (χ3n) is 7.40. The number of aromatic nitrogens is 6. The molecule has 0 bridgehead atoms. The van der Waals surface area contributed by atoms with Gasteiger partial charge in [-0.1, -0.05) is 24.3 Å². The van der Waals surface area contributed by atoms with Crippen LogP contribution in [0.15, 0.2) is 60.9 Å². The van der Waals surface area contributed by atoms with Crippen LogP contribution in [-0.4, -0.2) is 55.0 Å². The molecule has 13 heteroatoms. The Morgan fingerprint density at radius 2 is 1.68 bits per heavy atom. The van der Waals surface area contributed by atoms with Crippen LogP contribution in [0, 0.1) is 11.8 Å². The molecule has 1 aliphatic rings. The summed E-state index contributed by atoms with van der Waals surface area (Å²) in [5, 5.41) is 14.0. The first kappa shape index (κ1) is 29.7. The van der Waals surface area contributed by atoms with Gasteiger partial charge in [0.25, 0.3) is 5.91 Å². The van der Waals surface area contributed by atoms with Crippen molar-refractivity contribution in [1.82, 2.24) is 30.6 Å². The SMILES string of the molecule is Cl.NCC1CCC(C(=O)N(C(=O)[C@@H](N)Cc2cccc(-c3cnc(N)nc3)c2)c2ccc(-c3nn[nH]n3)cc2)CC1. The lowest BCUT2D eigenvalue weighted by Crippen LogP contribution is -2.50. The Hall–Kier alpha value is -4.26. The second-order valence-corrected chi connectivity index (χ2v) is 10.1. The minimum Gasteiger partial charge on any atom is -0.368 e. The summed E-state index contributed by atoms with van der Waals surface area (Å²) in [4.78, 5) is 37.0. The molecule has 2 aromatic heterocycles. The van der Waals surface area contributed by atoms with Crippen molar-refractivity contribution in [3.63, 3.8) is 0 Å². The van der Waals surface area contributed by atoms with Crippen molar-refractivity contribution in [2.45, 2.75) is 38.1 Å². The van der Waals surface area contributed by atoms with Gasteiger partial charge in [0, 0.05) is 29.4 Å². The molecule has 12 nitrogen and oxygen atoms in total. The smallest absolute Gasteiger partial charge is 0.251 e. The Labute approximate surface area is 243 Å². The predicted molar refractivity (Wildman–Crippen MR) is 157 cm³/mol. The number of benzene rings is 2. The summed E-state index contributed by atoms with van der Waals surface area (Å²) < 4.78 is 0. The highest BCUT2D eigenvalue weighted by Gasteiger charge is 2.35. The topological polar surface area (TPSA) is 196 Å². The van der Waals surface area contributed by atoms with E-state index in [2.05, 4.69) is 30.6 Å². The Kier molecular flexibility index (Phi) is 9.71. The van der Waals surface area contributed by atoms with Gasteiger partial charge in [-0.25, -0.2) is 14.9 Å². The fourth-order valence-corrected chi connectivity index (χ4v) is 5.11. The van der Waals surface area contributed by atoms with Gasteiger partial charge in [0.15, 0.2) is 0 Å². The van der Waals surface area contributed by atoms with E-state index in [4.69, 9.17) is 17.2 Å². The van der Waals surface area contributed by atoms with Crippen molar-refractivity contribution in [3.05, 3.63) is 66.5 Å². The van der Waals surface area contributed by atoms with Crippen LogP contribution in [0.1, 0.15) is 31.2 Å². The van der Waals surface area contributed by atoms with E-state index in [1.54, 1.807) is 36.7 Å². The average Bonchev–Trinajstić information content (AvgIpc) is 3.53. The molecule has 214 valence electrons. The number of aromatic amines is 1. The number of amides is 2. The number of halogens is 1. The summed E-state index contributed by atoms with van der Waals surface area (Å²) in [6.45, 7) is 0.605. The molecule has 0 unspecified atom stereocenters. The molecule has 41 heavy (non-hydrogen) atoms. The zero-order chi connectivity index (χ0) is 28.1. The van der Waals surface area contributed by atoms with E-state index in [9.17, 15) is 9.59 Å². The van der Waals surface area contributed by atoms with Gasteiger partial charge in [-0.15, -0.1) is 22.6 Å². The first-order valence-electron chi connectivity index (χ1n) is 13.3. The second-order valence-electron chi connectivity index (χ2n) is 10.1. The molecule has 1 fully saturated rings. The van der Waals surface area contributed by atoms with Crippen LogP contribution in [0.2, 0.25) is 0 Å². The van der Waals surface area contributed by atoms with Crippen molar-refractivity contribution in [3.8, 4) is 22.5 Å². The van der Waals surface area contributed by atoms with Gasteiger partial charge in [-0.05, 0) is 85.2 Å². The molecular formula is C28H33ClN10O2. The molecule has 1 atom stereocenters. The van der Waals surface area contributed by atoms with Crippen molar-refractivity contribution in [1.29, 1.82) is 0 Å². The van der Waals surface area contributed by atoms with E-state index in [0.717, 1.165) is 29.5 Å². The second kappa shape index (κ2) is 13.4. The number of nitrogen functional groups attached to an aromatic ring is 1. The van der Waals surface area contributed by atoms with E-state index in [-0.39, 0.29) is 36.6 Å². The molecule has 0 radical (unpaired) electrons. The Balaban J connectivity index is 0.00000387. The highest BCUT2D eigenvalue weighted by atomic mass is 35.5. The normalized spacial score (nSPS) is 17.3. The third kappa shape index (κ3) is 6.91. The standard InChI is InChI=1S/C28H32N10O2.ClH/c29-14-17-4-6-20(7-5-17)26(39)38(23-10-8-19(9-11-23)25-34-36-37-35-25)27(40)24(30)13-18-2-1-3-21(12-18)22-15-32-28(31)33-16-22;/h1-3,8-12,15-17,20,24H,4-7,13-14,29-30H2,(H2,31,32,33)(H,34,35,36,37);1H/t17?,20?,24-;/m0./s1. The monoisotopic (exact) mass is 576 g/mol. The molecule has 5 rings (SSSR count). The van der Waals surface area contributed by atoms with Crippen LogP contribution in [0.3, 0.4) is 0 Å². The third-order valence-corrected chi connectivity index (χ3v) is 7.40. The number of nitrogens with one attached hydrogen (secondary N) is 1.